The minimum atomic E-state index is -0.366. The molecule has 0 aliphatic heterocycles. The smallest absolute Gasteiger partial charge is 0.146 e. The maximum Gasteiger partial charge on any atom is 0.146 e. The Morgan fingerprint density at radius 2 is 2.14 bits per heavy atom. The summed E-state index contributed by atoms with van der Waals surface area (Å²) < 4.78 is 15.0. The van der Waals surface area contributed by atoms with Crippen LogP contribution in [0.15, 0.2) is 75.7 Å². The number of aliphatic imine (C=N–C) groups is 1. The Labute approximate surface area is 225 Å². The minimum Gasteiger partial charge on any atom is -0.364 e. The van der Waals surface area contributed by atoms with Crippen LogP contribution < -0.4 is 16.0 Å². The lowest BCUT2D eigenvalue weighted by Gasteiger charge is -2.29. The fourth-order valence-corrected chi connectivity index (χ4v) is 5.54. The van der Waals surface area contributed by atoms with Gasteiger partial charge in [-0.25, -0.2) is 4.39 Å². The Kier molecular flexibility index (Phi) is 12.5. The van der Waals surface area contributed by atoms with Crippen molar-refractivity contribution in [1.82, 2.24) is 10.6 Å². The van der Waals surface area contributed by atoms with Crippen molar-refractivity contribution in [2.24, 2.45) is 21.9 Å². The molecular weight excluding hydrogens is 485 g/mol. The summed E-state index contributed by atoms with van der Waals surface area (Å²) in [4.78, 5) is 7.47. The summed E-state index contributed by atoms with van der Waals surface area (Å²) in [7, 11) is 1.79. The fourth-order valence-electron chi connectivity index (χ4n) is 4.58. The summed E-state index contributed by atoms with van der Waals surface area (Å²) in [6.07, 6.45) is 9.18. The van der Waals surface area contributed by atoms with Crippen LogP contribution in [0.5, 0.6) is 0 Å². The molecule has 1 aromatic carbocycles. The van der Waals surface area contributed by atoms with Crippen molar-refractivity contribution >= 4 is 23.7 Å². The van der Waals surface area contributed by atoms with Crippen LogP contribution in [0, 0.1) is 17.7 Å². The van der Waals surface area contributed by atoms with Gasteiger partial charge in [0.1, 0.15) is 17.5 Å². The second-order valence-electron chi connectivity index (χ2n) is 9.14. The molecule has 0 aromatic heterocycles. The maximum absolute atomic E-state index is 15.0. The van der Waals surface area contributed by atoms with Gasteiger partial charge in [0.15, 0.2) is 0 Å². The molecule has 0 amide bonds. The molecule has 1 aliphatic rings. The van der Waals surface area contributed by atoms with Crippen molar-refractivity contribution in [3.8, 4) is 0 Å². The first-order valence-electron chi connectivity index (χ1n) is 12.6. The summed E-state index contributed by atoms with van der Waals surface area (Å²) >= 11 is 1.54. The van der Waals surface area contributed by atoms with Gasteiger partial charge in [0.25, 0.3) is 0 Å². The molecule has 9 heteroatoms. The molecule has 3 N–H and O–H groups in total. The van der Waals surface area contributed by atoms with E-state index in [0.717, 1.165) is 29.7 Å². The van der Waals surface area contributed by atoms with E-state index in [1.165, 1.54) is 17.2 Å². The molecular formula is C28H40FN7S. The molecule has 37 heavy (non-hydrogen) atoms. The number of nitrogens with one attached hydrogen (secondary N) is 3. The lowest BCUT2D eigenvalue weighted by molar-refractivity contribution is 0.541. The van der Waals surface area contributed by atoms with Gasteiger partial charge >= 0.3 is 0 Å². The Hall–Kier alpha value is -3.00. The molecule has 4 unspecified atom stereocenters. The second kappa shape index (κ2) is 15.3. The zero-order valence-corrected chi connectivity index (χ0v) is 23.6. The highest BCUT2D eigenvalue weighted by Gasteiger charge is 2.25. The van der Waals surface area contributed by atoms with E-state index in [2.05, 4.69) is 70.5 Å². The highest BCUT2D eigenvalue weighted by Crippen LogP contribution is 2.37. The molecule has 7 nitrogen and oxygen atoms in total. The fraction of sp³-hybridized carbons (Fsp3) is 0.464. The summed E-state index contributed by atoms with van der Waals surface area (Å²) in [5.41, 5.74) is 14.5. The van der Waals surface area contributed by atoms with Gasteiger partial charge in [-0.1, -0.05) is 60.5 Å². The second-order valence-corrected chi connectivity index (χ2v) is 10.2. The van der Waals surface area contributed by atoms with Crippen molar-refractivity contribution in [2.75, 3.05) is 18.1 Å². The van der Waals surface area contributed by atoms with Crippen LogP contribution in [0.25, 0.3) is 10.4 Å². The number of halogens is 1. The normalized spacial score (nSPS) is 18.6. The van der Waals surface area contributed by atoms with Crippen LogP contribution in [0.1, 0.15) is 59.2 Å². The summed E-state index contributed by atoms with van der Waals surface area (Å²) in [6, 6.07) is 5.05. The molecule has 0 bridgehead atoms. The van der Waals surface area contributed by atoms with Crippen LogP contribution >= 0.6 is 11.8 Å². The van der Waals surface area contributed by atoms with Crippen molar-refractivity contribution in [2.45, 2.75) is 59.1 Å². The number of hydrogen-bond donors (Lipinski definition) is 3. The van der Waals surface area contributed by atoms with Crippen molar-refractivity contribution in [3.05, 3.63) is 87.4 Å². The monoisotopic (exact) mass is 525 g/mol. The number of allylic oxidation sites excluding steroid dienone is 4. The molecule has 2 rings (SSSR count). The number of benzene rings is 1. The van der Waals surface area contributed by atoms with E-state index in [1.54, 1.807) is 37.3 Å². The number of azide groups is 1. The molecule has 0 saturated heterocycles. The standard InChI is InChI=1S/C28H40FN7S/c1-8-22(23-13-11-18(4)15-19(23)5)26(35-36-30)20(6)17-37-28(33-10-3)34-25-14-12-21(16-24(25)29)27(31-7)32-9-2/h9-14,16,19,22,27-28,31,33-34H,3,8,15,17H2,1-2,4-7H3/b26-20+,32-9-. The van der Waals surface area contributed by atoms with E-state index in [4.69, 9.17) is 0 Å². The molecule has 4 atom stereocenters. The molecule has 0 heterocycles. The first kappa shape index (κ1) is 30.2. The van der Waals surface area contributed by atoms with E-state index in [0.29, 0.717) is 17.4 Å². The van der Waals surface area contributed by atoms with E-state index in [-0.39, 0.29) is 23.4 Å². The van der Waals surface area contributed by atoms with Gasteiger partial charge in [0.2, 0.25) is 0 Å². The van der Waals surface area contributed by atoms with Crippen molar-refractivity contribution < 1.29 is 4.39 Å². The molecule has 1 aromatic rings. The lowest BCUT2D eigenvalue weighted by atomic mass is 9.78. The summed E-state index contributed by atoms with van der Waals surface area (Å²) in [6.45, 7) is 14.1. The van der Waals surface area contributed by atoms with Gasteiger partial charge < -0.3 is 10.6 Å². The Bertz CT molecular complexity index is 1100. The predicted molar refractivity (Wildman–Crippen MR) is 157 cm³/mol. The van der Waals surface area contributed by atoms with Gasteiger partial charge in [-0.05, 0) is 82.2 Å². The van der Waals surface area contributed by atoms with E-state index < -0.39 is 0 Å². The third kappa shape index (κ3) is 8.52. The zero-order chi connectivity index (χ0) is 27.4. The van der Waals surface area contributed by atoms with Crippen molar-refractivity contribution in [1.29, 1.82) is 0 Å². The Morgan fingerprint density at radius 1 is 1.38 bits per heavy atom. The topological polar surface area (TPSA) is 97.2 Å². The first-order valence-corrected chi connectivity index (χ1v) is 13.7. The average molecular weight is 526 g/mol. The Balaban J connectivity index is 2.24. The predicted octanol–water partition coefficient (Wildman–Crippen LogP) is 7.82. The van der Waals surface area contributed by atoms with E-state index in [1.807, 2.05) is 19.9 Å². The molecule has 0 radical (unpaired) electrons. The minimum absolute atomic E-state index is 0.0607. The van der Waals surface area contributed by atoms with Gasteiger partial charge in [-0.15, -0.1) is 11.8 Å². The highest BCUT2D eigenvalue weighted by atomic mass is 32.2. The Morgan fingerprint density at radius 3 is 2.70 bits per heavy atom. The van der Waals surface area contributed by atoms with Gasteiger partial charge in [0, 0.05) is 22.3 Å². The lowest BCUT2D eigenvalue weighted by Crippen LogP contribution is -2.30. The van der Waals surface area contributed by atoms with Crippen molar-refractivity contribution in [3.63, 3.8) is 0 Å². The largest absolute Gasteiger partial charge is 0.364 e. The van der Waals surface area contributed by atoms with E-state index in [9.17, 15) is 9.92 Å². The number of hydrogen-bond acceptors (Lipinski definition) is 6. The van der Waals surface area contributed by atoms with Gasteiger partial charge in [0.05, 0.1) is 5.69 Å². The van der Waals surface area contributed by atoms with Crippen LogP contribution in [-0.2, 0) is 0 Å². The van der Waals surface area contributed by atoms with Crippen LogP contribution in [-0.4, -0.2) is 24.5 Å². The molecule has 0 saturated carbocycles. The van der Waals surface area contributed by atoms with Crippen LogP contribution in [0.3, 0.4) is 0 Å². The van der Waals surface area contributed by atoms with Crippen LogP contribution in [0.4, 0.5) is 10.1 Å². The third-order valence-electron chi connectivity index (χ3n) is 6.39. The highest BCUT2D eigenvalue weighted by molar-refractivity contribution is 8.00. The number of anilines is 1. The zero-order valence-electron chi connectivity index (χ0n) is 22.8. The van der Waals surface area contributed by atoms with Crippen LogP contribution in [0.2, 0.25) is 0 Å². The summed E-state index contributed by atoms with van der Waals surface area (Å²) in [5.74, 6) is 0.681. The quantitative estimate of drug-likeness (QED) is 0.0758. The third-order valence-corrected chi connectivity index (χ3v) is 7.58. The molecule has 200 valence electrons. The molecule has 0 fully saturated rings. The number of rotatable bonds is 14. The molecule has 0 spiro atoms. The first-order chi connectivity index (χ1) is 17.8. The van der Waals surface area contributed by atoms with Gasteiger partial charge in [-0.2, -0.15) is 0 Å². The molecule has 1 aliphatic carbocycles. The van der Waals surface area contributed by atoms with Gasteiger partial charge in [-0.3, -0.25) is 10.3 Å². The number of nitrogens with zero attached hydrogens (tertiary/aromatic N) is 4. The van der Waals surface area contributed by atoms with E-state index >= 15 is 0 Å². The number of thioether (sulfide) groups is 1. The SMILES string of the molecule is C=CNC(Nc1ccc(C(/N=C\C)NC)cc1F)SC/C(C)=C(/N=[N+]=[N-])C(CC)C1=CC=C(C)CC1C. The maximum atomic E-state index is 15.0. The summed E-state index contributed by atoms with van der Waals surface area (Å²) in [5, 5.41) is 13.6. The average Bonchev–Trinajstić information content (AvgIpc) is 2.87.